The Balaban J connectivity index is 2.21. The average Bonchev–Trinajstić information content (AvgIpc) is 2.50. The first-order valence-electron chi connectivity index (χ1n) is 8.60. The Labute approximate surface area is 139 Å². The Hall–Kier alpha value is -1.02. The third-order valence-corrected chi connectivity index (χ3v) is 4.40. The highest BCUT2D eigenvalue weighted by Crippen LogP contribution is 2.19. The molecule has 0 radical (unpaired) electrons. The second-order valence-electron chi connectivity index (χ2n) is 6.13. The number of rotatable bonds is 12. The van der Waals surface area contributed by atoms with E-state index in [-0.39, 0.29) is 5.92 Å². The molecule has 0 bridgehead atoms. The molecule has 0 fully saturated rings. The molecule has 124 valence electrons. The maximum atomic E-state index is 11.4. The van der Waals surface area contributed by atoms with Gasteiger partial charge in [-0.05, 0) is 30.5 Å². The van der Waals surface area contributed by atoms with Crippen molar-refractivity contribution in [2.24, 2.45) is 5.92 Å². The van der Waals surface area contributed by atoms with Crippen LogP contribution in [0.5, 0.6) is 0 Å². The molecule has 0 spiro atoms. The Bertz CT molecular complexity index is 414. The molecule has 3 heteroatoms. The summed E-state index contributed by atoms with van der Waals surface area (Å²) >= 11 is 5.86. The highest BCUT2D eigenvalue weighted by molar-refractivity contribution is 6.30. The standard InChI is InChI=1S/C19H29ClO2/c1-2-3-4-5-6-7-8-9-10-17(19(21)22)15-16-11-13-18(20)14-12-16/h11-14,17H,2-10,15H2,1H3,(H,21,22). The summed E-state index contributed by atoms with van der Waals surface area (Å²) in [5.41, 5.74) is 1.05. The Morgan fingerprint density at radius 3 is 2.09 bits per heavy atom. The molecule has 0 aliphatic carbocycles. The van der Waals surface area contributed by atoms with Crippen LogP contribution in [-0.4, -0.2) is 11.1 Å². The molecule has 0 amide bonds. The van der Waals surface area contributed by atoms with Crippen molar-refractivity contribution < 1.29 is 9.90 Å². The molecular formula is C19H29ClO2. The second kappa shape index (κ2) is 11.5. The van der Waals surface area contributed by atoms with Gasteiger partial charge in [0.1, 0.15) is 0 Å². The minimum Gasteiger partial charge on any atom is -0.481 e. The molecule has 22 heavy (non-hydrogen) atoms. The Morgan fingerprint density at radius 2 is 1.55 bits per heavy atom. The van der Waals surface area contributed by atoms with Crippen molar-refractivity contribution in [2.75, 3.05) is 0 Å². The average molecular weight is 325 g/mol. The minimum atomic E-state index is -0.683. The molecule has 1 aromatic carbocycles. The van der Waals surface area contributed by atoms with Crippen molar-refractivity contribution in [2.45, 2.75) is 71.1 Å². The number of halogens is 1. The third kappa shape index (κ3) is 8.43. The number of carboxylic acids is 1. The highest BCUT2D eigenvalue weighted by Gasteiger charge is 2.17. The van der Waals surface area contributed by atoms with Gasteiger partial charge >= 0.3 is 5.97 Å². The molecule has 0 saturated carbocycles. The van der Waals surface area contributed by atoms with Gasteiger partial charge in [-0.3, -0.25) is 4.79 Å². The first-order valence-corrected chi connectivity index (χ1v) is 8.98. The van der Waals surface area contributed by atoms with Gasteiger partial charge in [-0.15, -0.1) is 0 Å². The van der Waals surface area contributed by atoms with Gasteiger partial charge in [-0.2, -0.15) is 0 Å². The van der Waals surface area contributed by atoms with Crippen LogP contribution < -0.4 is 0 Å². The predicted octanol–water partition coefficient (Wildman–Crippen LogP) is 6.11. The molecule has 1 rings (SSSR count). The van der Waals surface area contributed by atoms with E-state index >= 15 is 0 Å². The number of hydrogen-bond donors (Lipinski definition) is 1. The van der Waals surface area contributed by atoms with E-state index in [0.717, 1.165) is 24.8 Å². The maximum Gasteiger partial charge on any atom is 0.306 e. The summed E-state index contributed by atoms with van der Waals surface area (Å²) in [6.45, 7) is 2.23. The van der Waals surface area contributed by atoms with Crippen LogP contribution >= 0.6 is 11.6 Å². The van der Waals surface area contributed by atoms with Gasteiger partial charge in [-0.25, -0.2) is 0 Å². The first-order chi connectivity index (χ1) is 10.6. The SMILES string of the molecule is CCCCCCCCCCC(Cc1ccc(Cl)cc1)C(=O)O. The number of benzene rings is 1. The monoisotopic (exact) mass is 324 g/mol. The maximum absolute atomic E-state index is 11.4. The lowest BCUT2D eigenvalue weighted by Crippen LogP contribution is -2.16. The molecule has 0 saturated heterocycles. The van der Waals surface area contributed by atoms with E-state index in [9.17, 15) is 9.90 Å². The van der Waals surface area contributed by atoms with E-state index in [1.54, 1.807) is 0 Å². The van der Waals surface area contributed by atoms with Gasteiger partial charge in [0, 0.05) is 5.02 Å². The van der Waals surface area contributed by atoms with Crippen LogP contribution in [0.4, 0.5) is 0 Å². The van der Waals surface area contributed by atoms with Gasteiger partial charge in [0.05, 0.1) is 5.92 Å². The minimum absolute atomic E-state index is 0.277. The van der Waals surface area contributed by atoms with Crippen molar-refractivity contribution in [3.63, 3.8) is 0 Å². The van der Waals surface area contributed by atoms with E-state index in [1.807, 2.05) is 24.3 Å². The van der Waals surface area contributed by atoms with Gasteiger partial charge in [0.2, 0.25) is 0 Å². The molecule has 2 nitrogen and oxygen atoms in total. The molecular weight excluding hydrogens is 296 g/mol. The van der Waals surface area contributed by atoms with Gasteiger partial charge < -0.3 is 5.11 Å². The third-order valence-electron chi connectivity index (χ3n) is 4.15. The van der Waals surface area contributed by atoms with Crippen LogP contribution in [0.1, 0.15) is 70.3 Å². The fourth-order valence-corrected chi connectivity index (χ4v) is 2.87. The second-order valence-corrected chi connectivity index (χ2v) is 6.57. The summed E-state index contributed by atoms with van der Waals surface area (Å²) in [6, 6.07) is 7.50. The lowest BCUT2D eigenvalue weighted by atomic mass is 9.93. The van der Waals surface area contributed by atoms with Crippen LogP contribution in [0.2, 0.25) is 5.02 Å². The van der Waals surface area contributed by atoms with Crippen LogP contribution in [-0.2, 0) is 11.2 Å². The fourth-order valence-electron chi connectivity index (χ4n) is 2.74. The Kier molecular flexibility index (Phi) is 9.98. The zero-order chi connectivity index (χ0) is 16.2. The van der Waals surface area contributed by atoms with E-state index in [0.29, 0.717) is 11.4 Å². The summed E-state index contributed by atoms with van der Waals surface area (Å²) in [4.78, 5) is 11.4. The summed E-state index contributed by atoms with van der Waals surface area (Å²) in [6.07, 6.45) is 11.3. The molecule has 1 aromatic rings. The molecule has 1 N–H and O–H groups in total. The molecule has 0 aliphatic rings. The van der Waals surface area contributed by atoms with Crippen LogP contribution in [0.15, 0.2) is 24.3 Å². The first kappa shape index (κ1) is 19.0. The number of aliphatic carboxylic acids is 1. The highest BCUT2D eigenvalue weighted by atomic mass is 35.5. The topological polar surface area (TPSA) is 37.3 Å². The summed E-state index contributed by atoms with van der Waals surface area (Å²) in [7, 11) is 0. The molecule has 1 unspecified atom stereocenters. The predicted molar refractivity (Wildman–Crippen MR) is 93.5 cm³/mol. The number of hydrogen-bond acceptors (Lipinski definition) is 1. The van der Waals surface area contributed by atoms with E-state index < -0.39 is 5.97 Å². The number of carboxylic acid groups (broad SMARTS) is 1. The van der Waals surface area contributed by atoms with Gasteiger partial charge in [0.25, 0.3) is 0 Å². The number of carbonyl (C=O) groups is 1. The largest absolute Gasteiger partial charge is 0.481 e. The van der Waals surface area contributed by atoms with Crippen LogP contribution in [0, 0.1) is 5.92 Å². The van der Waals surface area contributed by atoms with E-state index in [1.165, 1.54) is 38.5 Å². The molecule has 0 aliphatic heterocycles. The molecule has 0 heterocycles. The smallest absolute Gasteiger partial charge is 0.306 e. The lowest BCUT2D eigenvalue weighted by Gasteiger charge is -2.12. The fraction of sp³-hybridized carbons (Fsp3) is 0.632. The summed E-state index contributed by atoms with van der Waals surface area (Å²) in [5.74, 6) is -0.959. The molecule has 0 aromatic heterocycles. The van der Waals surface area contributed by atoms with Gasteiger partial charge in [-0.1, -0.05) is 82.0 Å². The van der Waals surface area contributed by atoms with Crippen molar-refractivity contribution in [1.82, 2.24) is 0 Å². The van der Waals surface area contributed by atoms with Crippen molar-refractivity contribution in [3.05, 3.63) is 34.9 Å². The quantitative estimate of drug-likeness (QED) is 0.471. The van der Waals surface area contributed by atoms with E-state index in [4.69, 9.17) is 11.6 Å². The lowest BCUT2D eigenvalue weighted by molar-refractivity contribution is -0.142. The Morgan fingerprint density at radius 1 is 1.00 bits per heavy atom. The van der Waals surface area contributed by atoms with Gasteiger partial charge in [0.15, 0.2) is 0 Å². The zero-order valence-corrected chi connectivity index (χ0v) is 14.4. The number of unbranched alkanes of at least 4 members (excludes halogenated alkanes) is 7. The van der Waals surface area contributed by atoms with Crippen molar-refractivity contribution >= 4 is 17.6 Å². The zero-order valence-electron chi connectivity index (χ0n) is 13.7. The van der Waals surface area contributed by atoms with E-state index in [2.05, 4.69) is 6.92 Å². The van der Waals surface area contributed by atoms with Crippen molar-refractivity contribution in [3.8, 4) is 0 Å². The summed E-state index contributed by atoms with van der Waals surface area (Å²) < 4.78 is 0. The molecule has 1 atom stereocenters. The normalized spacial score (nSPS) is 12.3. The van der Waals surface area contributed by atoms with Crippen LogP contribution in [0.25, 0.3) is 0 Å². The van der Waals surface area contributed by atoms with Crippen molar-refractivity contribution in [1.29, 1.82) is 0 Å². The van der Waals surface area contributed by atoms with Crippen LogP contribution in [0.3, 0.4) is 0 Å². The summed E-state index contributed by atoms with van der Waals surface area (Å²) in [5, 5.41) is 10.1.